The number of aromatic amines is 3. The van der Waals surface area contributed by atoms with E-state index in [1.54, 1.807) is 12.4 Å². The predicted molar refractivity (Wildman–Crippen MR) is 188 cm³/mol. The average molecular weight is 675 g/mol. The lowest BCUT2D eigenvalue weighted by Gasteiger charge is -2.25. The van der Waals surface area contributed by atoms with Crippen LogP contribution in [0.3, 0.4) is 0 Å². The monoisotopic (exact) mass is 674 g/mol. The zero-order valence-electron chi connectivity index (χ0n) is 27.1. The highest BCUT2D eigenvalue weighted by molar-refractivity contribution is 5.95. The van der Waals surface area contributed by atoms with Gasteiger partial charge in [-0.05, 0) is 35.2 Å². The molecule has 6 aromatic rings. The molecule has 256 valence electrons. The van der Waals surface area contributed by atoms with Gasteiger partial charge in [-0.2, -0.15) is 0 Å². The number of carbonyl (C=O) groups excluding carboxylic acids is 3. The summed E-state index contributed by atoms with van der Waals surface area (Å²) in [5, 5.41) is 19.9. The fraction of sp³-hybridized carbons (Fsp3) is 0.216. The van der Waals surface area contributed by atoms with Crippen LogP contribution in [0.2, 0.25) is 0 Å². The minimum atomic E-state index is -1.30. The van der Waals surface area contributed by atoms with Crippen molar-refractivity contribution < 1.29 is 24.3 Å². The summed E-state index contributed by atoms with van der Waals surface area (Å²) >= 11 is 0. The number of rotatable bonds is 15. The number of carbonyl (C=O) groups is 4. The van der Waals surface area contributed by atoms with Crippen LogP contribution in [0, 0.1) is 0 Å². The summed E-state index contributed by atoms with van der Waals surface area (Å²) in [6.07, 6.45) is 6.78. The van der Waals surface area contributed by atoms with Gasteiger partial charge in [0.2, 0.25) is 17.7 Å². The number of hydrogen-bond acceptors (Lipinski definition) is 6. The Morgan fingerprint density at radius 2 is 1.16 bits per heavy atom. The van der Waals surface area contributed by atoms with Gasteiger partial charge in [0.25, 0.3) is 0 Å². The molecular weight excluding hydrogens is 636 g/mol. The molecule has 50 heavy (non-hydrogen) atoms. The Morgan fingerprint density at radius 3 is 1.70 bits per heavy atom. The minimum Gasteiger partial charge on any atom is -0.480 e. The van der Waals surface area contributed by atoms with Crippen LogP contribution in [0.1, 0.15) is 22.4 Å². The second kappa shape index (κ2) is 15.3. The Kier molecular flexibility index (Phi) is 10.3. The van der Waals surface area contributed by atoms with Crippen LogP contribution in [-0.4, -0.2) is 72.9 Å². The molecule has 3 amide bonds. The molecule has 3 aromatic carbocycles. The van der Waals surface area contributed by atoms with E-state index >= 15 is 0 Å². The summed E-state index contributed by atoms with van der Waals surface area (Å²) in [5.74, 6) is -3.11. The molecular formula is C37H38N8O5. The number of carboxylic acids is 1. The van der Waals surface area contributed by atoms with Crippen LogP contribution >= 0.6 is 0 Å². The highest BCUT2D eigenvalue weighted by Gasteiger charge is 2.32. The number of nitrogens with one attached hydrogen (secondary N) is 6. The molecule has 0 bridgehead atoms. The van der Waals surface area contributed by atoms with Crippen molar-refractivity contribution in [2.75, 3.05) is 0 Å². The fourth-order valence-electron chi connectivity index (χ4n) is 6.06. The summed E-state index contributed by atoms with van der Waals surface area (Å²) in [5.41, 5.74) is 10.9. The van der Waals surface area contributed by atoms with Crippen molar-refractivity contribution in [3.8, 4) is 0 Å². The summed E-state index contributed by atoms with van der Waals surface area (Å²) in [7, 11) is 0. The van der Waals surface area contributed by atoms with E-state index in [1.807, 2.05) is 78.9 Å². The molecule has 0 fully saturated rings. The van der Waals surface area contributed by atoms with Gasteiger partial charge in [-0.25, -0.2) is 9.78 Å². The molecule has 3 aromatic heterocycles. The number of aliphatic carboxylic acids is 1. The molecule has 0 saturated carbocycles. The number of imidazole rings is 1. The Morgan fingerprint density at radius 1 is 0.640 bits per heavy atom. The Hall–Kier alpha value is -6.21. The van der Waals surface area contributed by atoms with Gasteiger partial charge in [0.05, 0.1) is 12.4 Å². The second-order valence-corrected chi connectivity index (χ2v) is 12.2. The first-order chi connectivity index (χ1) is 24.2. The maximum absolute atomic E-state index is 14.2. The summed E-state index contributed by atoms with van der Waals surface area (Å²) in [6, 6.07) is 19.9. The van der Waals surface area contributed by atoms with E-state index in [2.05, 4.69) is 35.9 Å². The maximum Gasteiger partial charge on any atom is 0.326 e. The number of benzene rings is 3. The quantitative estimate of drug-likeness (QED) is 0.0815. The number of hydrogen-bond donors (Lipinski definition) is 8. The maximum atomic E-state index is 14.2. The zero-order chi connectivity index (χ0) is 35.0. The first kappa shape index (κ1) is 33.7. The zero-order valence-corrected chi connectivity index (χ0v) is 27.1. The van der Waals surface area contributed by atoms with Gasteiger partial charge in [0.1, 0.15) is 18.1 Å². The number of H-pyrrole nitrogens is 3. The molecule has 0 aliphatic heterocycles. The highest BCUT2D eigenvalue weighted by Crippen LogP contribution is 2.21. The number of aromatic nitrogens is 4. The molecule has 3 heterocycles. The third-order valence-electron chi connectivity index (χ3n) is 8.69. The number of fused-ring (bicyclic) bond motifs is 2. The number of nitrogens with zero attached hydrogens (tertiary/aromatic N) is 1. The van der Waals surface area contributed by atoms with E-state index in [1.165, 1.54) is 12.5 Å². The minimum absolute atomic E-state index is 0.0409. The van der Waals surface area contributed by atoms with E-state index in [-0.39, 0.29) is 25.7 Å². The van der Waals surface area contributed by atoms with Gasteiger partial charge >= 0.3 is 5.97 Å². The van der Waals surface area contributed by atoms with Crippen molar-refractivity contribution in [3.63, 3.8) is 0 Å². The smallest absolute Gasteiger partial charge is 0.326 e. The van der Waals surface area contributed by atoms with Crippen molar-refractivity contribution in [1.29, 1.82) is 0 Å². The lowest BCUT2D eigenvalue weighted by atomic mass is 10.0. The number of carboxylic acid groups (broad SMARTS) is 1. The van der Waals surface area contributed by atoms with Crippen LogP contribution in [-0.2, 0) is 44.9 Å². The molecule has 0 aliphatic carbocycles. The van der Waals surface area contributed by atoms with Gasteiger partial charge < -0.3 is 41.7 Å². The van der Waals surface area contributed by atoms with Crippen LogP contribution in [0.5, 0.6) is 0 Å². The molecule has 0 saturated heterocycles. The van der Waals surface area contributed by atoms with Gasteiger partial charge in [-0.15, -0.1) is 0 Å². The third-order valence-corrected chi connectivity index (χ3v) is 8.69. The molecule has 9 N–H and O–H groups in total. The normalized spacial score (nSPS) is 13.7. The summed E-state index contributed by atoms with van der Waals surface area (Å²) in [6.45, 7) is 0. The van der Waals surface area contributed by atoms with Gasteiger partial charge in [0.15, 0.2) is 0 Å². The number of para-hydroxylation sites is 2. The van der Waals surface area contributed by atoms with Crippen molar-refractivity contribution in [3.05, 3.63) is 126 Å². The van der Waals surface area contributed by atoms with Crippen molar-refractivity contribution >= 4 is 45.5 Å². The first-order valence-electron chi connectivity index (χ1n) is 16.3. The SMILES string of the molecule is NC(Cc1ccccc1)C(=O)NC(Cc1c[nH]c2ccccc12)C(=O)NC(Cc1c[nH]c2ccccc12)C(=O)NC(Cc1cnc[nH]1)C(=O)O. The molecule has 4 atom stereocenters. The van der Waals surface area contributed by atoms with Gasteiger partial charge in [-0.1, -0.05) is 66.7 Å². The molecule has 0 aliphatic rings. The Balaban J connectivity index is 1.27. The number of amides is 3. The van der Waals surface area contributed by atoms with Crippen LogP contribution < -0.4 is 21.7 Å². The second-order valence-electron chi connectivity index (χ2n) is 12.2. The van der Waals surface area contributed by atoms with Crippen molar-refractivity contribution in [1.82, 2.24) is 35.9 Å². The number of nitrogens with two attached hydrogens (primary N) is 1. The summed E-state index contributed by atoms with van der Waals surface area (Å²) in [4.78, 5) is 66.9. The lowest BCUT2D eigenvalue weighted by Crippen LogP contribution is -2.58. The summed E-state index contributed by atoms with van der Waals surface area (Å²) < 4.78 is 0. The van der Waals surface area contributed by atoms with Crippen LogP contribution in [0.4, 0.5) is 0 Å². The van der Waals surface area contributed by atoms with Crippen LogP contribution in [0.15, 0.2) is 104 Å². The van der Waals surface area contributed by atoms with E-state index in [0.717, 1.165) is 38.5 Å². The topological polar surface area (TPSA) is 211 Å². The largest absolute Gasteiger partial charge is 0.480 e. The predicted octanol–water partition coefficient (Wildman–Crippen LogP) is 2.51. The Bertz CT molecular complexity index is 2090. The fourth-order valence-corrected chi connectivity index (χ4v) is 6.06. The van der Waals surface area contributed by atoms with Gasteiger partial charge in [0, 0.05) is 65.4 Å². The molecule has 13 heteroatoms. The molecule has 13 nitrogen and oxygen atoms in total. The van der Waals surface area contributed by atoms with E-state index < -0.39 is 47.9 Å². The van der Waals surface area contributed by atoms with Crippen molar-refractivity contribution in [2.45, 2.75) is 49.9 Å². The first-order valence-corrected chi connectivity index (χ1v) is 16.3. The third kappa shape index (κ3) is 8.08. The average Bonchev–Trinajstić information content (AvgIpc) is 3.89. The Labute approximate surface area is 287 Å². The molecule has 6 rings (SSSR count). The lowest BCUT2D eigenvalue weighted by molar-refractivity contribution is -0.142. The van der Waals surface area contributed by atoms with Crippen molar-refractivity contribution in [2.24, 2.45) is 5.73 Å². The van der Waals surface area contributed by atoms with E-state index in [4.69, 9.17) is 5.73 Å². The molecule has 0 radical (unpaired) electrons. The highest BCUT2D eigenvalue weighted by atomic mass is 16.4. The van der Waals surface area contributed by atoms with Gasteiger partial charge in [-0.3, -0.25) is 14.4 Å². The van der Waals surface area contributed by atoms with E-state index in [0.29, 0.717) is 5.69 Å². The molecule has 0 spiro atoms. The van der Waals surface area contributed by atoms with E-state index in [9.17, 15) is 24.3 Å². The standard InChI is InChI=1S/C37H38N8O5/c38-28(14-22-8-2-1-3-9-22)34(46)43-31(15-23-18-40-29-12-6-4-10-26(23)29)35(47)44-32(16-24-19-41-30-13-7-5-11-27(24)30)36(48)45-33(37(49)50)17-25-20-39-21-42-25/h1-13,18-21,28,31-33,40-41H,14-17,38H2,(H,39,42)(H,43,46)(H,44,47)(H,45,48)(H,49,50). The van der Waals surface area contributed by atoms with Crippen LogP contribution in [0.25, 0.3) is 21.8 Å². The molecule has 4 unspecified atom stereocenters.